The molecule has 0 heterocycles. The Kier molecular flexibility index (Phi) is 2.80. The van der Waals surface area contributed by atoms with Crippen LogP contribution in [0.5, 0.6) is 0 Å². The maximum absolute atomic E-state index is 11.1. The van der Waals surface area contributed by atoms with Gasteiger partial charge in [0.2, 0.25) is 0 Å². The van der Waals surface area contributed by atoms with Gasteiger partial charge in [0.25, 0.3) is 11.4 Å². The van der Waals surface area contributed by atoms with Crippen LogP contribution in [0.4, 0.5) is 11.4 Å². The van der Waals surface area contributed by atoms with E-state index in [0.717, 1.165) is 24.3 Å². The fourth-order valence-electron chi connectivity index (χ4n) is 3.98. The molecule has 3 aliphatic rings. The number of non-ortho nitro benzene ring substituents is 1. The number of fused-ring (bicyclic) bond motifs is 4. The van der Waals surface area contributed by atoms with E-state index in [-0.39, 0.29) is 24.1 Å². The molecule has 5 atom stereocenters. The molecular weight excluding hydrogens is 288 g/mol. The van der Waals surface area contributed by atoms with E-state index in [9.17, 15) is 20.2 Å². The average molecular weight is 302 g/mol. The van der Waals surface area contributed by atoms with Crippen molar-refractivity contribution in [2.24, 2.45) is 23.7 Å². The second-order valence-corrected chi connectivity index (χ2v) is 6.19. The zero-order chi connectivity index (χ0) is 15.4. The molecule has 0 amide bonds. The van der Waals surface area contributed by atoms with E-state index in [1.165, 1.54) is 12.1 Å². The predicted octanol–water partition coefficient (Wildman–Crippen LogP) is 2.84. The molecule has 4 rings (SSSR count). The topological polar surface area (TPSA) is 95.5 Å². The molecule has 1 aromatic carbocycles. The standard InChI is InChI=1S/C15H14N2O5/c18-16(19)9-2-1-8(13(5-9)17(20)21)7-22-14-6-12-10-3-4-11(10)15(12)14/h1-5,10-12,14-15H,6-7H2. The third kappa shape index (κ3) is 1.78. The Morgan fingerprint density at radius 2 is 1.91 bits per heavy atom. The number of hydrogen-bond acceptors (Lipinski definition) is 5. The fraction of sp³-hybridized carbons (Fsp3) is 0.467. The molecule has 114 valence electrons. The molecule has 0 radical (unpaired) electrons. The van der Waals surface area contributed by atoms with Crippen molar-refractivity contribution >= 4 is 11.4 Å². The molecule has 0 spiro atoms. The molecule has 0 aromatic heterocycles. The largest absolute Gasteiger partial charge is 0.373 e. The van der Waals surface area contributed by atoms with Crippen molar-refractivity contribution < 1.29 is 14.6 Å². The van der Waals surface area contributed by atoms with E-state index in [1.54, 1.807) is 0 Å². The van der Waals surface area contributed by atoms with E-state index in [1.807, 2.05) is 0 Å². The summed E-state index contributed by atoms with van der Waals surface area (Å²) in [6.07, 6.45) is 5.64. The number of hydrogen-bond donors (Lipinski definition) is 0. The van der Waals surface area contributed by atoms with Gasteiger partial charge in [0, 0.05) is 6.07 Å². The molecule has 0 aliphatic heterocycles. The SMILES string of the molecule is O=[N+]([O-])c1ccc(COC2CC3C4C=CC4C23)c([N+](=O)[O-])c1. The molecule has 5 unspecified atom stereocenters. The van der Waals surface area contributed by atoms with Gasteiger partial charge in [-0.1, -0.05) is 12.2 Å². The summed E-state index contributed by atoms with van der Waals surface area (Å²) in [5.41, 5.74) is -0.139. The lowest BCUT2D eigenvalue weighted by Crippen LogP contribution is -2.63. The zero-order valence-electron chi connectivity index (χ0n) is 11.6. The first-order valence-electron chi connectivity index (χ1n) is 7.28. The van der Waals surface area contributed by atoms with Gasteiger partial charge in [-0.15, -0.1) is 0 Å². The molecular formula is C15H14N2O5. The molecule has 0 saturated heterocycles. The Morgan fingerprint density at radius 1 is 1.14 bits per heavy atom. The second-order valence-electron chi connectivity index (χ2n) is 6.19. The first kappa shape index (κ1) is 13.4. The van der Waals surface area contributed by atoms with Gasteiger partial charge < -0.3 is 4.74 Å². The summed E-state index contributed by atoms with van der Waals surface area (Å²) in [5, 5.41) is 21.8. The lowest BCUT2D eigenvalue weighted by molar-refractivity contribution is -0.394. The average Bonchev–Trinajstić information content (AvgIpc) is 2.46. The Bertz CT molecular complexity index is 701. The summed E-state index contributed by atoms with van der Waals surface area (Å²) in [6.45, 7) is 0.128. The van der Waals surface area contributed by atoms with Crippen LogP contribution in [-0.4, -0.2) is 16.0 Å². The van der Waals surface area contributed by atoms with Crippen molar-refractivity contribution in [1.82, 2.24) is 0 Å². The lowest BCUT2D eigenvalue weighted by atomic mass is 9.42. The minimum Gasteiger partial charge on any atom is -0.373 e. The van der Waals surface area contributed by atoms with E-state index in [4.69, 9.17) is 4.74 Å². The highest BCUT2D eigenvalue weighted by Gasteiger charge is 2.62. The third-order valence-electron chi connectivity index (χ3n) is 5.30. The summed E-state index contributed by atoms with van der Waals surface area (Å²) in [4.78, 5) is 20.6. The van der Waals surface area contributed by atoms with Crippen LogP contribution in [-0.2, 0) is 11.3 Å². The Morgan fingerprint density at radius 3 is 2.50 bits per heavy atom. The highest BCUT2D eigenvalue weighted by Crippen LogP contribution is 2.64. The summed E-state index contributed by atoms with van der Waals surface area (Å²) < 4.78 is 5.83. The number of benzene rings is 1. The number of allylic oxidation sites excluding steroid dienone is 2. The van der Waals surface area contributed by atoms with Crippen LogP contribution >= 0.6 is 0 Å². The van der Waals surface area contributed by atoms with Gasteiger partial charge in [-0.25, -0.2) is 0 Å². The minimum absolute atomic E-state index is 0.128. The zero-order valence-corrected chi connectivity index (χ0v) is 11.6. The van der Waals surface area contributed by atoms with Gasteiger partial charge >= 0.3 is 0 Å². The van der Waals surface area contributed by atoms with Crippen LogP contribution < -0.4 is 0 Å². The van der Waals surface area contributed by atoms with Crippen molar-refractivity contribution in [3.05, 3.63) is 56.1 Å². The summed E-state index contributed by atoms with van der Waals surface area (Å²) >= 11 is 0. The molecule has 0 N–H and O–H groups in total. The van der Waals surface area contributed by atoms with Crippen LogP contribution in [0.15, 0.2) is 30.4 Å². The molecule has 2 saturated carbocycles. The van der Waals surface area contributed by atoms with Gasteiger partial charge in [0.05, 0.1) is 34.2 Å². The Labute approximate surface area is 125 Å². The monoisotopic (exact) mass is 302 g/mol. The van der Waals surface area contributed by atoms with E-state index < -0.39 is 9.85 Å². The van der Waals surface area contributed by atoms with Crippen molar-refractivity contribution in [2.45, 2.75) is 19.1 Å². The fourth-order valence-corrected chi connectivity index (χ4v) is 3.98. The third-order valence-corrected chi connectivity index (χ3v) is 5.30. The summed E-state index contributed by atoms with van der Waals surface area (Å²) in [7, 11) is 0. The second kappa shape index (κ2) is 4.61. The number of rotatable bonds is 5. The number of nitro benzene ring substituents is 2. The van der Waals surface area contributed by atoms with Crippen LogP contribution in [0.2, 0.25) is 0 Å². The number of nitrogens with zero attached hydrogens (tertiary/aromatic N) is 2. The predicted molar refractivity (Wildman–Crippen MR) is 76.0 cm³/mol. The van der Waals surface area contributed by atoms with Crippen LogP contribution in [0.25, 0.3) is 0 Å². The Hall–Kier alpha value is -2.28. The molecule has 22 heavy (non-hydrogen) atoms. The normalized spacial score (nSPS) is 33.7. The number of nitro groups is 2. The van der Waals surface area contributed by atoms with Gasteiger partial charge in [0.15, 0.2) is 0 Å². The van der Waals surface area contributed by atoms with Crippen molar-refractivity contribution in [3.63, 3.8) is 0 Å². The van der Waals surface area contributed by atoms with Gasteiger partial charge in [-0.2, -0.15) is 0 Å². The molecule has 7 nitrogen and oxygen atoms in total. The number of ether oxygens (including phenoxy) is 1. The van der Waals surface area contributed by atoms with E-state index >= 15 is 0 Å². The quantitative estimate of drug-likeness (QED) is 0.473. The first-order chi connectivity index (χ1) is 10.6. The lowest BCUT2D eigenvalue weighted by Gasteiger charge is -2.65. The summed E-state index contributed by atoms with van der Waals surface area (Å²) in [6, 6.07) is 3.69. The van der Waals surface area contributed by atoms with Gasteiger partial charge in [0.1, 0.15) is 0 Å². The van der Waals surface area contributed by atoms with E-state index in [2.05, 4.69) is 12.2 Å². The Balaban J connectivity index is 1.45. The van der Waals surface area contributed by atoms with Gasteiger partial charge in [-0.3, -0.25) is 20.2 Å². The van der Waals surface area contributed by atoms with Crippen LogP contribution in [0.1, 0.15) is 12.0 Å². The van der Waals surface area contributed by atoms with Crippen LogP contribution in [0.3, 0.4) is 0 Å². The maximum Gasteiger partial charge on any atom is 0.281 e. The van der Waals surface area contributed by atoms with Crippen molar-refractivity contribution in [1.29, 1.82) is 0 Å². The van der Waals surface area contributed by atoms with E-state index in [0.29, 0.717) is 17.4 Å². The minimum atomic E-state index is -0.633. The summed E-state index contributed by atoms with van der Waals surface area (Å²) in [5.74, 6) is 2.66. The highest BCUT2D eigenvalue weighted by molar-refractivity contribution is 5.48. The maximum atomic E-state index is 11.1. The molecule has 1 aromatic rings. The first-order valence-corrected chi connectivity index (χ1v) is 7.28. The molecule has 2 fully saturated rings. The van der Waals surface area contributed by atoms with Crippen molar-refractivity contribution in [2.75, 3.05) is 0 Å². The van der Waals surface area contributed by atoms with Gasteiger partial charge in [-0.05, 0) is 36.2 Å². The highest BCUT2D eigenvalue weighted by atomic mass is 16.6. The molecule has 3 aliphatic carbocycles. The molecule has 0 bridgehead atoms. The molecule has 7 heteroatoms. The van der Waals surface area contributed by atoms with Crippen LogP contribution in [0, 0.1) is 43.9 Å². The smallest absolute Gasteiger partial charge is 0.281 e. The van der Waals surface area contributed by atoms with Crippen molar-refractivity contribution in [3.8, 4) is 0 Å².